The van der Waals surface area contributed by atoms with Crippen molar-refractivity contribution in [3.05, 3.63) is 83.6 Å². The van der Waals surface area contributed by atoms with E-state index in [1.54, 1.807) is 39.0 Å². The van der Waals surface area contributed by atoms with E-state index in [-0.39, 0.29) is 67.7 Å². The first-order valence-corrected chi connectivity index (χ1v) is 21.1. The van der Waals surface area contributed by atoms with Gasteiger partial charge in [0, 0.05) is 20.7 Å². The van der Waals surface area contributed by atoms with Crippen LogP contribution in [0.2, 0.25) is 0 Å². The van der Waals surface area contributed by atoms with Gasteiger partial charge in [0.25, 0.3) is 12.9 Å². The first kappa shape index (κ1) is 59.5. The Labute approximate surface area is 418 Å². The molecule has 0 aromatic heterocycles. The van der Waals surface area contributed by atoms with Crippen LogP contribution in [0.25, 0.3) is 0 Å². The second-order valence-electron chi connectivity index (χ2n) is 14.7. The smallest absolute Gasteiger partial charge is 0.373 e. The average molecular weight is 1040 g/mol. The van der Waals surface area contributed by atoms with E-state index in [1.807, 2.05) is 0 Å². The monoisotopic (exact) mass is 1040 g/mol. The Morgan fingerprint density at radius 3 is 1.64 bits per heavy atom. The molecule has 3 aliphatic rings. The highest BCUT2D eigenvalue weighted by molar-refractivity contribution is 6.08. The summed E-state index contributed by atoms with van der Waals surface area (Å²) in [5, 5.41) is 100. The summed E-state index contributed by atoms with van der Waals surface area (Å²) in [6.45, 7) is 8.37. The second kappa shape index (κ2) is 32.3. The van der Waals surface area contributed by atoms with E-state index >= 15 is 0 Å². The fourth-order valence-corrected chi connectivity index (χ4v) is 5.60. The number of nitrogens with one attached hydrogen (secondary N) is 3. The zero-order valence-corrected chi connectivity index (χ0v) is 38.8. The number of aromatic hydroxyl groups is 1. The highest BCUT2D eigenvalue weighted by Crippen LogP contribution is 2.31. The molecular formula is C45H57N3O25. The van der Waals surface area contributed by atoms with Crippen LogP contribution in [0.4, 0.5) is 11.4 Å². The van der Waals surface area contributed by atoms with Crippen LogP contribution in [0.15, 0.2) is 72.5 Å². The fraction of sp³-hybridized carbons (Fsp3) is 0.400. The second-order valence-corrected chi connectivity index (χ2v) is 14.7. The van der Waals surface area contributed by atoms with Gasteiger partial charge in [0.1, 0.15) is 61.3 Å². The number of hydrogen-bond donors (Lipinski definition) is 13. The van der Waals surface area contributed by atoms with Gasteiger partial charge in [0.05, 0.1) is 17.1 Å². The number of phenolic OH excluding ortho intramolecular Hbond substituents is 1. The normalized spacial score (nSPS) is 23.9. The van der Waals surface area contributed by atoms with Gasteiger partial charge in [-0.2, -0.15) is 9.59 Å². The number of rotatable bonds is 14. The number of allylic oxidation sites excluding steroid dienone is 4. The van der Waals surface area contributed by atoms with Crippen molar-refractivity contribution in [2.75, 3.05) is 10.6 Å². The molecule has 28 heteroatoms. The maximum atomic E-state index is 11.8. The first-order chi connectivity index (χ1) is 35.1. The Balaban J connectivity index is 0.00000102. The Kier molecular flexibility index (Phi) is 26.3. The summed E-state index contributed by atoms with van der Waals surface area (Å²) >= 11 is 0. The number of aliphatic hydroxyl groups is 7. The molecule has 0 bridgehead atoms. The lowest BCUT2D eigenvalue weighted by atomic mass is 9.99. The highest BCUT2D eigenvalue weighted by atomic mass is 16.7. The minimum absolute atomic E-state index is 0. The molecule has 2 saturated heterocycles. The van der Waals surface area contributed by atoms with Crippen molar-refractivity contribution in [3.63, 3.8) is 0 Å². The number of carboxylic acids is 2. The molecule has 5 rings (SSSR count). The largest absolute Gasteiger partial charge is 0.506 e. The third-order valence-corrected chi connectivity index (χ3v) is 9.42. The van der Waals surface area contributed by atoms with Crippen LogP contribution in [0.3, 0.4) is 0 Å². The van der Waals surface area contributed by atoms with Crippen molar-refractivity contribution in [2.24, 2.45) is 0 Å². The van der Waals surface area contributed by atoms with Crippen LogP contribution in [-0.4, -0.2) is 167 Å². The molecule has 2 aliphatic heterocycles. The van der Waals surface area contributed by atoms with Gasteiger partial charge in [0.15, 0.2) is 21.2 Å². The van der Waals surface area contributed by atoms with E-state index in [4.69, 9.17) is 52.4 Å². The summed E-state index contributed by atoms with van der Waals surface area (Å²) in [5.41, 5.74) is 2.36. The van der Waals surface area contributed by atoms with E-state index in [1.165, 1.54) is 36.4 Å². The number of aliphatic carboxylic acids is 2. The van der Waals surface area contributed by atoms with Crippen LogP contribution in [0.5, 0.6) is 11.5 Å². The molecule has 3 amide bonds. The molecule has 73 heavy (non-hydrogen) atoms. The number of hydrogen-bond acceptors (Lipinski definition) is 23. The number of carbonyl (C=O) groups is 8. The van der Waals surface area contributed by atoms with Crippen molar-refractivity contribution >= 4 is 65.9 Å². The average Bonchev–Trinajstić information content (AvgIpc) is 3.36. The number of benzene rings is 2. The molecular weight excluding hydrogens is 982 g/mol. The zero-order valence-electron chi connectivity index (χ0n) is 40.8. The van der Waals surface area contributed by atoms with Gasteiger partial charge in [-0.1, -0.05) is 45.6 Å². The molecule has 4 unspecified atom stereocenters. The number of ether oxygens (including phenoxy) is 5. The SMILES string of the molecule is C=C1C=CC(=O)C(NC(=O)CC)=C1.O=C(O)C1O[C@@H](O)C(O)[C@@H](O)[C@@H]1O.O=C=O.[2HH].[2H]C(=O)OCc1ccc(O)c(NC(=O)CC)c1.[2H]C(=O)OCc1ccc(O[C@@H]2OC(C(=O)O)[C@@H](O)[C@H](O)C2O)c(NC(=O)CC)c1. The first-order valence-electron chi connectivity index (χ1n) is 22.1. The van der Waals surface area contributed by atoms with Gasteiger partial charge >= 0.3 is 18.1 Å². The quantitative estimate of drug-likeness (QED) is 0.0720. The van der Waals surface area contributed by atoms with E-state index in [0.717, 1.165) is 0 Å². The summed E-state index contributed by atoms with van der Waals surface area (Å²) in [5.74, 6) is -4.15. The molecule has 13 N–H and O–H groups in total. The minimum Gasteiger partial charge on any atom is -0.506 e. The molecule has 0 saturated carbocycles. The molecule has 402 valence electrons. The van der Waals surface area contributed by atoms with Gasteiger partial charge in [-0.3, -0.25) is 28.8 Å². The number of carbonyl (C=O) groups excluding carboxylic acids is 8. The van der Waals surface area contributed by atoms with Crippen molar-refractivity contribution < 1.29 is 127 Å². The Bertz CT molecular complexity index is 2450. The number of anilines is 2. The van der Waals surface area contributed by atoms with Crippen LogP contribution in [-0.2, 0) is 80.1 Å². The van der Waals surface area contributed by atoms with Gasteiger partial charge in [0.2, 0.25) is 29.8 Å². The summed E-state index contributed by atoms with van der Waals surface area (Å²) in [7, 11) is 0. The predicted molar refractivity (Wildman–Crippen MR) is 243 cm³/mol. The van der Waals surface area contributed by atoms with Crippen molar-refractivity contribution in [2.45, 2.75) is 115 Å². The summed E-state index contributed by atoms with van der Waals surface area (Å²) in [6, 6.07) is 8.59. The van der Waals surface area contributed by atoms with Gasteiger partial charge in [-0.15, -0.1) is 0 Å². The Morgan fingerprint density at radius 1 is 0.699 bits per heavy atom. The lowest BCUT2D eigenvalue weighted by Crippen LogP contribution is -2.61. The summed E-state index contributed by atoms with van der Waals surface area (Å²) in [6.07, 6.45) is -14.5. The standard InChI is InChI=1S/C17H21NO10.C11H13NO4.C10H11NO2.C6H10O7.CO2.H2/c1-2-11(20)18-9-5-8(6-26-7-19)3-4-10(9)27-17-14(23)12(21)13(22)15(28-17)16(24)25;1-2-11(15)12-9-5-8(6-16-7-13)3-4-10(9)14;1-3-10(13)11-8-6-7(2)4-5-9(8)12;7-1-2(8)4(5(10)11)13-6(12)3(1)9;2-1-3;/h3-5,7,12-15,17,21-23H,2,6H2,1H3,(H,18,20)(H,24,25);3-5,7,14H,2,6H2,1H3,(H,12,15);4-6H,2-3H2,1H3,(H,11,13);1-4,6-9,12H,(H,10,11);;1H/t12-,13-,14?,15?,17+;;;1-,2-,3?,4?,6+;;/m0..0../s1/i2*7D;;;;1+1. The van der Waals surface area contributed by atoms with Crippen molar-refractivity contribution in [1.82, 2.24) is 5.32 Å². The third-order valence-electron chi connectivity index (χ3n) is 9.42. The highest BCUT2D eigenvalue weighted by Gasteiger charge is 2.48. The van der Waals surface area contributed by atoms with E-state index < -0.39 is 92.2 Å². The van der Waals surface area contributed by atoms with Gasteiger partial charge < -0.3 is 90.7 Å². The molecule has 2 aromatic carbocycles. The molecule has 2 heterocycles. The van der Waals surface area contributed by atoms with Crippen LogP contribution < -0.4 is 20.7 Å². The van der Waals surface area contributed by atoms with Crippen molar-refractivity contribution in [1.29, 1.82) is 0 Å². The van der Waals surface area contributed by atoms with E-state index in [9.17, 15) is 58.8 Å². The van der Waals surface area contributed by atoms with E-state index in [0.29, 0.717) is 35.2 Å². The molecule has 2 aromatic rings. The molecule has 0 spiro atoms. The molecule has 1 aliphatic carbocycles. The van der Waals surface area contributed by atoms with E-state index in [2.05, 4.69) is 36.7 Å². The lowest BCUT2D eigenvalue weighted by molar-refractivity contribution is -0.279. The summed E-state index contributed by atoms with van der Waals surface area (Å²) < 4.78 is 37.2. The maximum Gasteiger partial charge on any atom is 0.373 e. The number of carboxylic acid groups (broad SMARTS) is 2. The molecule has 10 atom stereocenters. The zero-order chi connectivity index (χ0) is 57.3. The van der Waals surface area contributed by atoms with Crippen LogP contribution in [0, 0.1) is 0 Å². The minimum atomic E-state index is -1.87. The van der Waals surface area contributed by atoms with Gasteiger partial charge in [-0.05, 0) is 53.1 Å². The third kappa shape index (κ3) is 20.9. The number of phenols is 1. The predicted octanol–water partition coefficient (Wildman–Crippen LogP) is -1.98. The van der Waals surface area contributed by atoms with Gasteiger partial charge in [-0.25, -0.2) is 9.59 Å². The maximum absolute atomic E-state index is 11.8. The summed E-state index contributed by atoms with van der Waals surface area (Å²) in [4.78, 5) is 104. The van der Waals surface area contributed by atoms with Crippen LogP contribution >= 0.6 is 0 Å². The van der Waals surface area contributed by atoms with Crippen LogP contribution in [0.1, 0.15) is 55.3 Å². The molecule has 28 nitrogen and oxygen atoms in total. The molecule has 2 fully saturated rings. The topological polar surface area (TPSA) is 455 Å². The molecule has 0 radical (unpaired) electrons. The Morgan fingerprint density at radius 2 is 1.15 bits per heavy atom. The number of aliphatic hydroxyl groups excluding tert-OH is 7. The fourth-order valence-electron chi connectivity index (χ4n) is 5.60. The van der Waals surface area contributed by atoms with Crippen molar-refractivity contribution in [3.8, 4) is 11.5 Å². The number of amides is 3. The Hall–Kier alpha value is -7.76. The number of ketones is 1. The lowest BCUT2D eigenvalue weighted by Gasteiger charge is -2.38.